The Morgan fingerprint density at radius 1 is 0.931 bits per heavy atom. The zero-order valence-corrected chi connectivity index (χ0v) is 16.8. The van der Waals surface area contributed by atoms with E-state index in [-0.39, 0.29) is 11.6 Å². The number of halogens is 2. The van der Waals surface area contributed by atoms with Gasteiger partial charge in [0.2, 0.25) is 0 Å². The van der Waals surface area contributed by atoms with E-state index in [1.165, 1.54) is 12.3 Å². The maximum Gasteiger partial charge on any atom is 0.267 e. The third kappa shape index (κ3) is 5.39. The van der Waals surface area contributed by atoms with Crippen molar-refractivity contribution < 1.29 is 4.79 Å². The van der Waals surface area contributed by atoms with E-state index in [0.717, 1.165) is 11.1 Å². The summed E-state index contributed by atoms with van der Waals surface area (Å²) in [4.78, 5) is 12.5. The monoisotopic (exact) mass is 421 g/mol. The highest BCUT2D eigenvalue weighted by Gasteiger charge is 2.15. The molecule has 0 saturated heterocycles. The summed E-state index contributed by atoms with van der Waals surface area (Å²) in [6.45, 7) is 0. The van der Waals surface area contributed by atoms with Crippen LogP contribution in [0.5, 0.6) is 0 Å². The van der Waals surface area contributed by atoms with Crippen LogP contribution in [-0.2, 0) is 4.79 Å². The van der Waals surface area contributed by atoms with E-state index < -0.39 is 5.91 Å². The van der Waals surface area contributed by atoms with E-state index in [2.05, 4.69) is 10.6 Å². The van der Waals surface area contributed by atoms with Crippen LogP contribution in [0.2, 0.25) is 10.0 Å². The number of carbonyl (C=O) groups excluding carboxylic acids is 1. The third-order valence-corrected chi connectivity index (χ3v) is 4.75. The summed E-state index contributed by atoms with van der Waals surface area (Å²) >= 11 is 12.0. The van der Waals surface area contributed by atoms with E-state index >= 15 is 0 Å². The molecule has 2 N–H and O–H groups in total. The van der Waals surface area contributed by atoms with Gasteiger partial charge in [-0.2, -0.15) is 5.26 Å². The Morgan fingerprint density at radius 3 is 2.03 bits per heavy atom. The highest BCUT2D eigenvalue weighted by atomic mass is 35.5. The Hall–Kier alpha value is -3.26. The first kappa shape index (κ1) is 20.5. The largest absolute Gasteiger partial charge is 0.379 e. The van der Waals surface area contributed by atoms with Crippen LogP contribution in [0, 0.1) is 11.3 Å². The zero-order chi connectivity index (χ0) is 20.6. The van der Waals surface area contributed by atoms with Gasteiger partial charge in [-0.3, -0.25) is 4.79 Å². The van der Waals surface area contributed by atoms with Gasteiger partial charge in [0.25, 0.3) is 5.91 Å². The summed E-state index contributed by atoms with van der Waals surface area (Å²) in [6, 6.07) is 26.0. The molecule has 29 heavy (non-hydrogen) atoms. The van der Waals surface area contributed by atoms with Crippen molar-refractivity contribution in [1.82, 2.24) is 5.32 Å². The maximum atomic E-state index is 12.5. The molecule has 0 spiro atoms. The molecule has 3 rings (SSSR count). The van der Waals surface area contributed by atoms with Crippen molar-refractivity contribution in [1.29, 1.82) is 5.26 Å². The number of amides is 1. The fourth-order valence-corrected chi connectivity index (χ4v) is 3.23. The average molecular weight is 422 g/mol. The number of hydrogen-bond acceptors (Lipinski definition) is 3. The van der Waals surface area contributed by atoms with Gasteiger partial charge in [0, 0.05) is 11.2 Å². The Labute approximate surface area is 179 Å². The van der Waals surface area contributed by atoms with Crippen LogP contribution in [0.4, 0.5) is 5.69 Å². The van der Waals surface area contributed by atoms with E-state index in [1.807, 2.05) is 66.7 Å². The Kier molecular flexibility index (Phi) is 6.91. The number of rotatable bonds is 6. The first-order valence-corrected chi connectivity index (χ1v) is 9.56. The van der Waals surface area contributed by atoms with Crippen molar-refractivity contribution in [3.05, 3.63) is 112 Å². The lowest BCUT2D eigenvalue weighted by molar-refractivity contribution is -0.112. The number of hydrogen-bond donors (Lipinski definition) is 2. The zero-order valence-electron chi connectivity index (χ0n) is 15.3. The molecule has 0 radical (unpaired) electrons. The number of nitriles is 1. The molecule has 0 bridgehead atoms. The molecular weight excluding hydrogens is 405 g/mol. The van der Waals surface area contributed by atoms with E-state index in [9.17, 15) is 10.1 Å². The van der Waals surface area contributed by atoms with Crippen LogP contribution in [0.25, 0.3) is 0 Å². The van der Waals surface area contributed by atoms with E-state index in [0.29, 0.717) is 15.7 Å². The fraction of sp³-hybridized carbons (Fsp3) is 0.0435. The van der Waals surface area contributed by atoms with Gasteiger partial charge < -0.3 is 10.6 Å². The van der Waals surface area contributed by atoms with Gasteiger partial charge in [-0.15, -0.1) is 0 Å². The van der Waals surface area contributed by atoms with E-state index in [4.69, 9.17) is 23.2 Å². The van der Waals surface area contributed by atoms with Crippen LogP contribution >= 0.6 is 23.2 Å². The summed E-state index contributed by atoms with van der Waals surface area (Å²) in [5, 5.41) is 16.0. The van der Waals surface area contributed by atoms with Gasteiger partial charge in [0.15, 0.2) is 0 Å². The van der Waals surface area contributed by atoms with Crippen molar-refractivity contribution in [3.8, 4) is 6.07 Å². The number of benzene rings is 3. The second-order valence-corrected chi connectivity index (χ2v) is 7.01. The first-order chi connectivity index (χ1) is 14.1. The molecule has 1 amide bonds. The minimum atomic E-state index is -0.566. The summed E-state index contributed by atoms with van der Waals surface area (Å²) < 4.78 is 0. The van der Waals surface area contributed by atoms with Crippen molar-refractivity contribution in [2.45, 2.75) is 6.04 Å². The van der Waals surface area contributed by atoms with Crippen molar-refractivity contribution in [2.75, 3.05) is 5.32 Å². The topological polar surface area (TPSA) is 64.9 Å². The molecule has 0 fully saturated rings. The number of nitrogens with zero attached hydrogens (tertiary/aromatic N) is 1. The van der Waals surface area contributed by atoms with Gasteiger partial charge in [-0.05, 0) is 29.3 Å². The van der Waals surface area contributed by atoms with Crippen LogP contribution in [-0.4, -0.2) is 5.91 Å². The number of anilines is 1. The van der Waals surface area contributed by atoms with Crippen molar-refractivity contribution in [3.63, 3.8) is 0 Å². The molecule has 3 aromatic rings. The van der Waals surface area contributed by atoms with Crippen LogP contribution in [0.3, 0.4) is 0 Å². The molecule has 0 aliphatic carbocycles. The van der Waals surface area contributed by atoms with Crippen LogP contribution in [0.15, 0.2) is 90.6 Å². The van der Waals surface area contributed by atoms with Gasteiger partial charge >= 0.3 is 0 Å². The SMILES string of the molecule is N#C/C(=C/NC(c1ccccc1)c1ccccc1)C(=O)Nc1ccc(Cl)cc1Cl. The summed E-state index contributed by atoms with van der Waals surface area (Å²) in [5.74, 6) is -0.566. The third-order valence-electron chi connectivity index (χ3n) is 4.20. The van der Waals surface area contributed by atoms with Gasteiger partial charge in [0.1, 0.15) is 11.6 Å². The molecule has 0 aliphatic heterocycles. The lowest BCUT2D eigenvalue weighted by atomic mass is 9.99. The fourth-order valence-electron chi connectivity index (χ4n) is 2.77. The maximum absolute atomic E-state index is 12.5. The highest BCUT2D eigenvalue weighted by molar-refractivity contribution is 6.36. The quantitative estimate of drug-likeness (QED) is 0.395. The molecule has 0 aliphatic rings. The predicted molar refractivity (Wildman–Crippen MR) is 117 cm³/mol. The number of carbonyl (C=O) groups is 1. The molecule has 6 heteroatoms. The highest BCUT2D eigenvalue weighted by Crippen LogP contribution is 2.26. The minimum Gasteiger partial charge on any atom is -0.379 e. The average Bonchev–Trinajstić information content (AvgIpc) is 2.74. The van der Waals surface area contributed by atoms with E-state index in [1.54, 1.807) is 12.1 Å². The molecule has 0 unspecified atom stereocenters. The summed E-state index contributed by atoms with van der Waals surface area (Å²) in [7, 11) is 0. The molecule has 0 saturated carbocycles. The standard InChI is InChI=1S/C23H17Cl2N3O/c24-19-11-12-21(20(25)13-19)28-23(29)18(14-26)15-27-22(16-7-3-1-4-8-16)17-9-5-2-6-10-17/h1-13,15,22,27H,(H,28,29)/b18-15-. The second-order valence-electron chi connectivity index (χ2n) is 6.17. The lowest BCUT2D eigenvalue weighted by Crippen LogP contribution is -2.21. The molecule has 0 atom stereocenters. The molecule has 144 valence electrons. The van der Waals surface area contributed by atoms with Crippen molar-refractivity contribution >= 4 is 34.8 Å². The lowest BCUT2D eigenvalue weighted by Gasteiger charge is -2.19. The summed E-state index contributed by atoms with van der Waals surface area (Å²) in [5.41, 5.74) is 2.32. The van der Waals surface area contributed by atoms with Gasteiger partial charge in [-0.25, -0.2) is 0 Å². The molecular formula is C23H17Cl2N3O. The van der Waals surface area contributed by atoms with Crippen LogP contribution in [0.1, 0.15) is 17.2 Å². The van der Waals surface area contributed by atoms with Gasteiger partial charge in [-0.1, -0.05) is 83.9 Å². The summed E-state index contributed by atoms with van der Waals surface area (Å²) in [6.07, 6.45) is 1.42. The smallest absolute Gasteiger partial charge is 0.267 e. The molecule has 0 aromatic heterocycles. The molecule has 3 aromatic carbocycles. The Balaban J connectivity index is 1.83. The first-order valence-electron chi connectivity index (χ1n) is 8.81. The molecule has 4 nitrogen and oxygen atoms in total. The number of nitrogens with one attached hydrogen (secondary N) is 2. The Bertz CT molecular complexity index is 1020. The van der Waals surface area contributed by atoms with Crippen molar-refractivity contribution in [2.24, 2.45) is 0 Å². The Morgan fingerprint density at radius 2 is 1.52 bits per heavy atom. The normalized spacial score (nSPS) is 11.0. The second kappa shape index (κ2) is 9.79. The molecule has 0 heterocycles. The van der Waals surface area contributed by atoms with Gasteiger partial charge in [0.05, 0.1) is 16.8 Å². The van der Waals surface area contributed by atoms with Crippen LogP contribution < -0.4 is 10.6 Å². The minimum absolute atomic E-state index is 0.0760. The predicted octanol–water partition coefficient (Wildman–Crippen LogP) is 5.72.